The summed E-state index contributed by atoms with van der Waals surface area (Å²) in [6.07, 6.45) is 3.13. The molecule has 1 nitrogen and oxygen atoms in total. The van der Waals surface area contributed by atoms with Crippen LogP contribution in [0.15, 0.2) is 30.3 Å². The molecule has 0 aliphatic heterocycles. The van der Waals surface area contributed by atoms with Gasteiger partial charge in [-0.15, -0.1) is 11.6 Å². The lowest BCUT2D eigenvalue weighted by Crippen LogP contribution is -1.98. The number of hydrogen-bond donors (Lipinski definition) is 0. The average molecular weight is 248 g/mol. The SMILES string of the molecule is CCC(Cl)CCc1ccc2nc(C)ccc2c1. The number of rotatable bonds is 4. The predicted octanol–water partition coefficient (Wildman–Crippen LogP) is 4.49. The van der Waals surface area contributed by atoms with Crippen LogP contribution in [0.3, 0.4) is 0 Å². The fraction of sp³-hybridized carbons (Fsp3) is 0.400. The zero-order chi connectivity index (χ0) is 12.3. The van der Waals surface area contributed by atoms with E-state index < -0.39 is 0 Å². The minimum absolute atomic E-state index is 0.293. The van der Waals surface area contributed by atoms with Gasteiger partial charge in [-0.1, -0.05) is 19.1 Å². The monoisotopic (exact) mass is 247 g/mol. The van der Waals surface area contributed by atoms with Crippen LogP contribution in [-0.2, 0) is 6.42 Å². The smallest absolute Gasteiger partial charge is 0.0705 e. The molecule has 1 aromatic carbocycles. The summed E-state index contributed by atoms with van der Waals surface area (Å²) in [5, 5.41) is 1.51. The summed E-state index contributed by atoms with van der Waals surface area (Å²) in [5.74, 6) is 0. The van der Waals surface area contributed by atoms with Crippen LogP contribution in [0.25, 0.3) is 10.9 Å². The highest BCUT2D eigenvalue weighted by Crippen LogP contribution is 2.17. The normalized spacial score (nSPS) is 12.9. The minimum Gasteiger partial charge on any atom is -0.253 e. The molecule has 0 spiro atoms. The van der Waals surface area contributed by atoms with E-state index >= 15 is 0 Å². The number of aryl methyl sites for hydroxylation is 2. The van der Waals surface area contributed by atoms with Crippen molar-refractivity contribution in [3.05, 3.63) is 41.6 Å². The molecule has 1 unspecified atom stereocenters. The topological polar surface area (TPSA) is 12.9 Å². The van der Waals surface area contributed by atoms with Gasteiger partial charge in [0.05, 0.1) is 5.52 Å². The number of nitrogens with zero attached hydrogens (tertiary/aromatic N) is 1. The third-order valence-corrected chi connectivity index (χ3v) is 3.61. The number of hydrogen-bond acceptors (Lipinski definition) is 1. The van der Waals surface area contributed by atoms with Gasteiger partial charge in [-0.2, -0.15) is 0 Å². The van der Waals surface area contributed by atoms with Gasteiger partial charge in [-0.05, 0) is 49.9 Å². The molecule has 1 atom stereocenters. The molecule has 2 rings (SSSR count). The van der Waals surface area contributed by atoms with Crippen LogP contribution in [0.5, 0.6) is 0 Å². The average Bonchev–Trinajstić information content (AvgIpc) is 2.35. The lowest BCUT2D eigenvalue weighted by Gasteiger charge is -2.07. The van der Waals surface area contributed by atoms with Crippen LogP contribution in [0.2, 0.25) is 0 Å². The molecule has 0 amide bonds. The van der Waals surface area contributed by atoms with Gasteiger partial charge in [0, 0.05) is 16.5 Å². The fourth-order valence-electron chi connectivity index (χ4n) is 1.96. The van der Waals surface area contributed by atoms with Crippen molar-refractivity contribution in [3.8, 4) is 0 Å². The van der Waals surface area contributed by atoms with Crippen molar-refractivity contribution < 1.29 is 0 Å². The van der Waals surface area contributed by atoms with E-state index in [0.29, 0.717) is 5.38 Å². The molecule has 0 saturated heterocycles. The molecular formula is C15H18ClN. The fourth-order valence-corrected chi connectivity index (χ4v) is 2.07. The Morgan fingerprint density at radius 1 is 1.24 bits per heavy atom. The molecule has 1 aromatic heterocycles. The molecule has 0 radical (unpaired) electrons. The Bertz CT molecular complexity index is 507. The van der Waals surface area contributed by atoms with Crippen molar-refractivity contribution >= 4 is 22.5 Å². The van der Waals surface area contributed by atoms with Crippen LogP contribution in [0.1, 0.15) is 31.0 Å². The van der Waals surface area contributed by atoms with Crippen LogP contribution in [-0.4, -0.2) is 10.4 Å². The highest BCUT2D eigenvalue weighted by Gasteiger charge is 2.03. The molecule has 0 fully saturated rings. The lowest BCUT2D eigenvalue weighted by atomic mass is 10.0. The summed E-state index contributed by atoms with van der Waals surface area (Å²) < 4.78 is 0. The van der Waals surface area contributed by atoms with Gasteiger partial charge >= 0.3 is 0 Å². The summed E-state index contributed by atoms with van der Waals surface area (Å²) in [7, 11) is 0. The molecule has 0 saturated carbocycles. The van der Waals surface area contributed by atoms with Crippen molar-refractivity contribution in [2.24, 2.45) is 0 Å². The van der Waals surface area contributed by atoms with Crippen LogP contribution in [0.4, 0.5) is 0 Å². The van der Waals surface area contributed by atoms with Gasteiger partial charge < -0.3 is 0 Å². The first-order chi connectivity index (χ1) is 8.19. The van der Waals surface area contributed by atoms with Crippen molar-refractivity contribution in [3.63, 3.8) is 0 Å². The number of pyridine rings is 1. The molecule has 2 heteroatoms. The van der Waals surface area contributed by atoms with E-state index in [-0.39, 0.29) is 0 Å². The van der Waals surface area contributed by atoms with Gasteiger partial charge in [-0.3, -0.25) is 4.98 Å². The van der Waals surface area contributed by atoms with Crippen molar-refractivity contribution in [2.45, 2.75) is 38.5 Å². The molecule has 90 valence electrons. The van der Waals surface area contributed by atoms with Gasteiger partial charge in [-0.25, -0.2) is 0 Å². The second-order valence-electron chi connectivity index (χ2n) is 4.52. The van der Waals surface area contributed by atoms with E-state index in [2.05, 4.69) is 42.2 Å². The highest BCUT2D eigenvalue weighted by atomic mass is 35.5. The number of halogens is 1. The Morgan fingerprint density at radius 3 is 2.82 bits per heavy atom. The summed E-state index contributed by atoms with van der Waals surface area (Å²) in [4.78, 5) is 4.50. The van der Waals surface area contributed by atoms with E-state index in [9.17, 15) is 0 Å². The zero-order valence-corrected chi connectivity index (χ0v) is 11.2. The van der Waals surface area contributed by atoms with Gasteiger partial charge in [0.25, 0.3) is 0 Å². The number of alkyl halides is 1. The molecule has 0 N–H and O–H groups in total. The van der Waals surface area contributed by atoms with E-state index in [1.54, 1.807) is 0 Å². The number of benzene rings is 1. The molecule has 2 aromatic rings. The maximum atomic E-state index is 6.14. The van der Waals surface area contributed by atoms with Crippen LogP contribution < -0.4 is 0 Å². The molecule has 1 heterocycles. The minimum atomic E-state index is 0.293. The first-order valence-corrected chi connectivity index (χ1v) is 6.63. The quantitative estimate of drug-likeness (QED) is 0.726. The molecule has 17 heavy (non-hydrogen) atoms. The third-order valence-electron chi connectivity index (χ3n) is 3.08. The van der Waals surface area contributed by atoms with Gasteiger partial charge in [0.2, 0.25) is 0 Å². The second-order valence-corrected chi connectivity index (χ2v) is 5.14. The van der Waals surface area contributed by atoms with Crippen LogP contribution in [0, 0.1) is 6.92 Å². The lowest BCUT2D eigenvalue weighted by molar-refractivity contribution is 0.727. The third kappa shape index (κ3) is 3.19. The summed E-state index contributed by atoms with van der Waals surface area (Å²) in [5.41, 5.74) is 3.49. The summed E-state index contributed by atoms with van der Waals surface area (Å²) >= 11 is 6.14. The van der Waals surface area contributed by atoms with Crippen molar-refractivity contribution in [2.75, 3.05) is 0 Å². The zero-order valence-electron chi connectivity index (χ0n) is 10.4. The van der Waals surface area contributed by atoms with E-state index in [4.69, 9.17) is 11.6 Å². The first-order valence-electron chi connectivity index (χ1n) is 6.19. The first kappa shape index (κ1) is 12.4. The summed E-state index contributed by atoms with van der Waals surface area (Å²) in [6.45, 7) is 4.15. The van der Waals surface area contributed by atoms with E-state index in [1.165, 1.54) is 10.9 Å². The predicted molar refractivity (Wildman–Crippen MR) is 74.7 cm³/mol. The maximum Gasteiger partial charge on any atom is 0.0705 e. The van der Waals surface area contributed by atoms with Crippen molar-refractivity contribution in [1.29, 1.82) is 0 Å². The Hall–Kier alpha value is -1.08. The molecule has 0 aliphatic carbocycles. The number of fused-ring (bicyclic) bond motifs is 1. The Morgan fingerprint density at radius 2 is 2.06 bits per heavy atom. The summed E-state index contributed by atoms with van der Waals surface area (Å²) in [6, 6.07) is 10.7. The Labute approximate surface area is 108 Å². The Kier molecular flexibility index (Phi) is 4.01. The van der Waals surface area contributed by atoms with Gasteiger partial charge in [0.1, 0.15) is 0 Å². The van der Waals surface area contributed by atoms with Crippen LogP contribution >= 0.6 is 11.6 Å². The molecule has 0 aliphatic rings. The highest BCUT2D eigenvalue weighted by molar-refractivity contribution is 6.20. The number of aromatic nitrogens is 1. The molecular weight excluding hydrogens is 230 g/mol. The second kappa shape index (κ2) is 5.50. The van der Waals surface area contributed by atoms with E-state index in [0.717, 1.165) is 30.5 Å². The maximum absolute atomic E-state index is 6.14. The van der Waals surface area contributed by atoms with Crippen molar-refractivity contribution in [1.82, 2.24) is 4.98 Å². The largest absolute Gasteiger partial charge is 0.253 e. The standard InChI is InChI=1S/C15H18ClN/c1-3-14(16)8-5-12-6-9-15-13(10-12)7-4-11(2)17-15/h4,6-7,9-10,14H,3,5,8H2,1-2H3. The Balaban J connectivity index is 2.17. The van der Waals surface area contributed by atoms with E-state index in [1.807, 2.05) is 6.92 Å². The van der Waals surface area contributed by atoms with Gasteiger partial charge in [0.15, 0.2) is 0 Å². The molecule has 0 bridgehead atoms.